The number of amides is 2. The van der Waals surface area contributed by atoms with Crippen LogP contribution in [0.15, 0.2) is 16.9 Å². The summed E-state index contributed by atoms with van der Waals surface area (Å²) in [7, 11) is 0. The molecule has 0 aliphatic rings. The van der Waals surface area contributed by atoms with Gasteiger partial charge in [-0.25, -0.2) is 0 Å². The highest BCUT2D eigenvalue weighted by molar-refractivity contribution is 9.10. The van der Waals surface area contributed by atoms with Crippen LogP contribution in [0.2, 0.25) is 0 Å². The fourth-order valence-corrected chi connectivity index (χ4v) is 2.28. The van der Waals surface area contributed by atoms with Crippen molar-refractivity contribution in [2.75, 3.05) is 5.32 Å². The van der Waals surface area contributed by atoms with Crippen LogP contribution in [0.4, 0.5) is 5.69 Å². The van der Waals surface area contributed by atoms with Crippen LogP contribution in [0.3, 0.4) is 0 Å². The first-order valence-corrected chi connectivity index (χ1v) is 7.52. The average molecular weight is 369 g/mol. The highest BCUT2D eigenvalue weighted by Crippen LogP contribution is 2.19. The maximum absolute atomic E-state index is 12.3. The van der Waals surface area contributed by atoms with Crippen LogP contribution in [0.5, 0.6) is 0 Å². The molecular weight excluding hydrogens is 352 g/mol. The van der Waals surface area contributed by atoms with Crippen molar-refractivity contribution in [1.82, 2.24) is 19.6 Å². The molecule has 2 amide bonds. The zero-order chi connectivity index (χ0) is 16.4. The predicted molar refractivity (Wildman–Crippen MR) is 84.4 cm³/mol. The molecule has 0 radical (unpaired) electrons. The average Bonchev–Trinajstić information content (AvgIpc) is 3.02. The molecule has 3 N–H and O–H groups in total. The van der Waals surface area contributed by atoms with Crippen molar-refractivity contribution in [3.63, 3.8) is 0 Å². The van der Waals surface area contributed by atoms with E-state index in [4.69, 9.17) is 5.73 Å². The molecule has 0 bridgehead atoms. The molecule has 0 unspecified atom stereocenters. The van der Waals surface area contributed by atoms with E-state index in [1.54, 1.807) is 17.8 Å². The summed E-state index contributed by atoms with van der Waals surface area (Å²) in [6, 6.07) is -0.546. The summed E-state index contributed by atoms with van der Waals surface area (Å²) in [5, 5.41) is 11.0. The van der Waals surface area contributed by atoms with Gasteiger partial charge < -0.3 is 11.1 Å². The number of rotatable bonds is 5. The Bertz CT molecular complexity index is 701. The SMILES string of the molecule is CCn1ncc(NC(=O)[C@@H](C)n2cc(Br)c(C)n2)c1C(N)=O. The standard InChI is InChI=1S/C13H17BrN6O2/c1-4-19-11(12(15)21)10(5-16-19)17-13(22)8(3)20-6-9(14)7(2)18-20/h5-6,8H,4H2,1-3H3,(H2,15,21)(H,17,22)/t8-/m1/s1. The Morgan fingerprint density at radius 2 is 2.18 bits per heavy atom. The molecule has 2 rings (SSSR count). The lowest BCUT2D eigenvalue weighted by Gasteiger charge is -2.12. The van der Waals surface area contributed by atoms with Gasteiger partial charge in [0.1, 0.15) is 11.7 Å². The van der Waals surface area contributed by atoms with Gasteiger partial charge in [0.05, 0.1) is 22.1 Å². The molecule has 0 saturated heterocycles. The summed E-state index contributed by atoms with van der Waals surface area (Å²) >= 11 is 3.35. The number of nitrogens with one attached hydrogen (secondary N) is 1. The lowest BCUT2D eigenvalue weighted by molar-refractivity contribution is -0.119. The van der Waals surface area contributed by atoms with E-state index < -0.39 is 11.9 Å². The van der Waals surface area contributed by atoms with Crippen molar-refractivity contribution in [3.05, 3.63) is 28.3 Å². The number of anilines is 1. The van der Waals surface area contributed by atoms with E-state index in [1.165, 1.54) is 10.9 Å². The molecule has 0 saturated carbocycles. The molecule has 0 spiro atoms. The van der Waals surface area contributed by atoms with Gasteiger partial charge in [-0.3, -0.25) is 19.0 Å². The molecule has 2 aromatic rings. The number of aryl methyl sites for hydroxylation is 2. The van der Waals surface area contributed by atoms with Crippen LogP contribution in [-0.2, 0) is 11.3 Å². The second kappa shape index (κ2) is 6.30. The minimum atomic E-state index is -0.639. The van der Waals surface area contributed by atoms with Gasteiger partial charge in [0, 0.05) is 12.7 Å². The zero-order valence-corrected chi connectivity index (χ0v) is 14.1. The van der Waals surface area contributed by atoms with E-state index >= 15 is 0 Å². The minimum absolute atomic E-state index is 0.181. The van der Waals surface area contributed by atoms with Crippen LogP contribution >= 0.6 is 15.9 Å². The van der Waals surface area contributed by atoms with E-state index in [0.29, 0.717) is 12.2 Å². The first-order valence-electron chi connectivity index (χ1n) is 6.72. The first-order chi connectivity index (χ1) is 10.3. The molecule has 1 atom stereocenters. The third kappa shape index (κ3) is 3.03. The van der Waals surface area contributed by atoms with E-state index in [2.05, 4.69) is 31.4 Å². The lowest BCUT2D eigenvalue weighted by atomic mass is 10.3. The number of aromatic nitrogens is 4. The highest BCUT2D eigenvalue weighted by Gasteiger charge is 2.21. The van der Waals surface area contributed by atoms with E-state index in [9.17, 15) is 9.59 Å². The normalized spacial score (nSPS) is 12.2. The van der Waals surface area contributed by atoms with Crippen molar-refractivity contribution in [2.24, 2.45) is 5.73 Å². The van der Waals surface area contributed by atoms with Gasteiger partial charge in [0.2, 0.25) is 5.91 Å². The molecule has 2 heterocycles. The molecule has 0 aliphatic carbocycles. The second-order valence-electron chi connectivity index (χ2n) is 4.79. The Balaban J connectivity index is 2.22. The van der Waals surface area contributed by atoms with Gasteiger partial charge in [-0.2, -0.15) is 10.2 Å². The van der Waals surface area contributed by atoms with Gasteiger partial charge in [-0.15, -0.1) is 0 Å². The number of carbonyl (C=O) groups excluding carboxylic acids is 2. The topological polar surface area (TPSA) is 108 Å². The maximum Gasteiger partial charge on any atom is 0.269 e. The number of hydrogen-bond acceptors (Lipinski definition) is 4. The number of carbonyl (C=O) groups is 2. The molecule has 22 heavy (non-hydrogen) atoms. The van der Waals surface area contributed by atoms with Gasteiger partial charge in [-0.05, 0) is 36.7 Å². The zero-order valence-electron chi connectivity index (χ0n) is 12.5. The summed E-state index contributed by atoms with van der Waals surface area (Å²) in [5.74, 6) is -0.951. The first kappa shape index (κ1) is 16.2. The molecule has 118 valence electrons. The third-order valence-electron chi connectivity index (χ3n) is 3.26. The summed E-state index contributed by atoms with van der Waals surface area (Å²) < 4.78 is 3.81. The van der Waals surface area contributed by atoms with Crippen LogP contribution in [0.1, 0.15) is 36.1 Å². The van der Waals surface area contributed by atoms with Crippen molar-refractivity contribution in [3.8, 4) is 0 Å². The summed E-state index contributed by atoms with van der Waals surface area (Å²) in [5.41, 5.74) is 6.62. The maximum atomic E-state index is 12.3. The molecule has 0 fully saturated rings. The lowest BCUT2D eigenvalue weighted by Crippen LogP contribution is -2.26. The van der Waals surface area contributed by atoms with Gasteiger partial charge in [-0.1, -0.05) is 0 Å². The third-order valence-corrected chi connectivity index (χ3v) is 4.04. The Morgan fingerprint density at radius 3 is 2.68 bits per heavy atom. The van der Waals surface area contributed by atoms with Crippen LogP contribution in [-0.4, -0.2) is 31.4 Å². The molecule has 8 nitrogen and oxygen atoms in total. The van der Waals surface area contributed by atoms with Gasteiger partial charge in [0.15, 0.2) is 0 Å². The van der Waals surface area contributed by atoms with E-state index in [1.807, 2.05) is 13.8 Å². The minimum Gasteiger partial charge on any atom is -0.364 e. The van der Waals surface area contributed by atoms with E-state index in [-0.39, 0.29) is 11.6 Å². The van der Waals surface area contributed by atoms with Crippen molar-refractivity contribution >= 4 is 33.4 Å². The van der Waals surface area contributed by atoms with Crippen molar-refractivity contribution < 1.29 is 9.59 Å². The molecule has 2 aromatic heterocycles. The van der Waals surface area contributed by atoms with E-state index in [0.717, 1.165) is 10.2 Å². The van der Waals surface area contributed by atoms with Crippen molar-refractivity contribution in [2.45, 2.75) is 33.4 Å². The quantitative estimate of drug-likeness (QED) is 0.832. The number of nitrogens with two attached hydrogens (primary N) is 1. The second-order valence-corrected chi connectivity index (χ2v) is 5.65. The van der Waals surface area contributed by atoms with Crippen molar-refractivity contribution in [1.29, 1.82) is 0 Å². The molecule has 9 heteroatoms. The van der Waals surface area contributed by atoms with Gasteiger partial charge >= 0.3 is 0 Å². The smallest absolute Gasteiger partial charge is 0.269 e. The number of nitrogens with zero attached hydrogens (tertiary/aromatic N) is 4. The Morgan fingerprint density at radius 1 is 1.50 bits per heavy atom. The fraction of sp³-hybridized carbons (Fsp3) is 0.385. The van der Waals surface area contributed by atoms with Crippen LogP contribution in [0, 0.1) is 6.92 Å². The number of primary amides is 1. The summed E-state index contributed by atoms with van der Waals surface area (Å²) in [6.07, 6.45) is 3.14. The van der Waals surface area contributed by atoms with Gasteiger partial charge in [0.25, 0.3) is 5.91 Å². The predicted octanol–water partition coefficient (Wildman–Crippen LogP) is 1.47. The fourth-order valence-electron chi connectivity index (χ4n) is 1.99. The Hall–Kier alpha value is -2.16. The number of hydrogen-bond donors (Lipinski definition) is 2. The molecule has 0 aliphatic heterocycles. The summed E-state index contributed by atoms with van der Waals surface area (Å²) in [4.78, 5) is 23.8. The monoisotopic (exact) mass is 368 g/mol. The molecular formula is C13H17BrN6O2. The summed E-state index contributed by atoms with van der Waals surface area (Å²) in [6.45, 7) is 5.86. The Kier molecular flexibility index (Phi) is 4.65. The van der Waals surface area contributed by atoms with Crippen LogP contribution in [0.25, 0.3) is 0 Å². The Labute approximate surface area is 135 Å². The highest BCUT2D eigenvalue weighted by atomic mass is 79.9. The largest absolute Gasteiger partial charge is 0.364 e. The molecule has 0 aromatic carbocycles. The number of halogens is 1. The van der Waals surface area contributed by atoms with Crippen LogP contribution < -0.4 is 11.1 Å².